The maximum Gasteiger partial charge on any atom is 0.387 e. The standard InChI is InChI=1S/C21H26F2N4O3.HI/c1-4-25-21(26-12-14-5-7-15(8-6-14)19(28)24-2)27-13-16-11-17(29-3)9-10-18(16)30-20(22)23;/h5-11,20H,4,12-13H2,1-3H3,(H,24,28)(H2,25,26,27);1H. The van der Waals surface area contributed by atoms with Crippen LogP contribution in [0.5, 0.6) is 11.5 Å². The number of benzene rings is 2. The molecule has 2 aromatic rings. The van der Waals surface area contributed by atoms with Crippen molar-refractivity contribution in [3.05, 3.63) is 59.2 Å². The second-order valence-corrected chi connectivity index (χ2v) is 6.18. The van der Waals surface area contributed by atoms with Crippen molar-refractivity contribution in [1.82, 2.24) is 16.0 Å². The number of ether oxygens (including phenoxy) is 2. The van der Waals surface area contributed by atoms with E-state index in [-0.39, 0.29) is 42.2 Å². The van der Waals surface area contributed by atoms with Gasteiger partial charge in [-0.25, -0.2) is 4.99 Å². The topological polar surface area (TPSA) is 84.0 Å². The van der Waals surface area contributed by atoms with Crippen LogP contribution in [0.15, 0.2) is 47.5 Å². The van der Waals surface area contributed by atoms with Gasteiger partial charge in [0.05, 0.1) is 13.7 Å². The lowest BCUT2D eigenvalue weighted by molar-refractivity contribution is -0.0505. The van der Waals surface area contributed by atoms with E-state index in [0.717, 1.165) is 5.56 Å². The van der Waals surface area contributed by atoms with Crippen LogP contribution in [0.4, 0.5) is 8.78 Å². The Morgan fingerprint density at radius 3 is 2.42 bits per heavy atom. The van der Waals surface area contributed by atoms with E-state index in [9.17, 15) is 13.6 Å². The summed E-state index contributed by atoms with van der Waals surface area (Å²) in [5.41, 5.74) is 2.00. The summed E-state index contributed by atoms with van der Waals surface area (Å²) in [6.07, 6.45) is 0. The highest BCUT2D eigenvalue weighted by Crippen LogP contribution is 2.25. The van der Waals surface area contributed by atoms with E-state index in [2.05, 4.69) is 25.7 Å². The van der Waals surface area contributed by atoms with Gasteiger partial charge in [0, 0.05) is 31.3 Å². The summed E-state index contributed by atoms with van der Waals surface area (Å²) >= 11 is 0. The van der Waals surface area contributed by atoms with Crippen molar-refractivity contribution in [3.63, 3.8) is 0 Å². The maximum atomic E-state index is 12.7. The molecular weight excluding hydrogens is 521 g/mol. The third kappa shape index (κ3) is 8.56. The Morgan fingerprint density at radius 2 is 1.84 bits per heavy atom. The first-order chi connectivity index (χ1) is 14.5. The lowest BCUT2D eigenvalue weighted by atomic mass is 10.1. The molecule has 1 amide bonds. The van der Waals surface area contributed by atoms with Crippen molar-refractivity contribution in [2.45, 2.75) is 26.6 Å². The fraction of sp³-hybridized carbons (Fsp3) is 0.333. The first-order valence-corrected chi connectivity index (χ1v) is 9.41. The number of hydrogen-bond donors (Lipinski definition) is 3. The van der Waals surface area contributed by atoms with Gasteiger partial charge in [-0.15, -0.1) is 24.0 Å². The molecule has 10 heteroatoms. The molecule has 0 saturated carbocycles. The van der Waals surface area contributed by atoms with Crippen LogP contribution < -0.4 is 25.4 Å². The van der Waals surface area contributed by atoms with E-state index >= 15 is 0 Å². The summed E-state index contributed by atoms with van der Waals surface area (Å²) in [5, 5.41) is 8.78. The number of nitrogens with one attached hydrogen (secondary N) is 3. The van der Waals surface area contributed by atoms with Crippen LogP contribution in [0.25, 0.3) is 0 Å². The minimum atomic E-state index is -2.92. The van der Waals surface area contributed by atoms with Gasteiger partial charge in [0.2, 0.25) is 0 Å². The molecule has 0 fully saturated rings. The number of carbonyl (C=O) groups excluding carboxylic acids is 1. The Kier molecular flexibility index (Phi) is 11.6. The predicted molar refractivity (Wildman–Crippen MR) is 127 cm³/mol. The predicted octanol–water partition coefficient (Wildman–Crippen LogP) is 3.53. The van der Waals surface area contributed by atoms with Gasteiger partial charge in [0.1, 0.15) is 11.5 Å². The molecule has 7 nitrogen and oxygen atoms in total. The minimum Gasteiger partial charge on any atom is -0.497 e. The molecule has 0 unspecified atom stereocenters. The Balaban J connectivity index is 0.00000480. The van der Waals surface area contributed by atoms with Gasteiger partial charge in [0.15, 0.2) is 5.96 Å². The molecule has 170 valence electrons. The van der Waals surface area contributed by atoms with Crippen LogP contribution >= 0.6 is 24.0 Å². The molecular formula is C21H27F2IN4O3. The van der Waals surface area contributed by atoms with E-state index < -0.39 is 6.61 Å². The van der Waals surface area contributed by atoms with Crippen LogP contribution in [0.3, 0.4) is 0 Å². The lowest BCUT2D eigenvalue weighted by Gasteiger charge is -2.15. The fourth-order valence-corrected chi connectivity index (χ4v) is 2.63. The third-order valence-corrected chi connectivity index (χ3v) is 4.14. The van der Waals surface area contributed by atoms with E-state index in [1.165, 1.54) is 13.2 Å². The quantitative estimate of drug-likeness (QED) is 0.254. The Bertz CT molecular complexity index is 864. The average Bonchev–Trinajstić information content (AvgIpc) is 2.75. The molecule has 0 aliphatic heterocycles. The van der Waals surface area contributed by atoms with E-state index in [0.29, 0.717) is 35.9 Å². The molecule has 0 radical (unpaired) electrons. The monoisotopic (exact) mass is 548 g/mol. The van der Waals surface area contributed by atoms with Crippen molar-refractivity contribution in [1.29, 1.82) is 0 Å². The highest BCUT2D eigenvalue weighted by Gasteiger charge is 2.12. The second kappa shape index (κ2) is 13.6. The average molecular weight is 548 g/mol. The highest BCUT2D eigenvalue weighted by molar-refractivity contribution is 14.0. The number of hydrogen-bond acceptors (Lipinski definition) is 4. The van der Waals surface area contributed by atoms with Gasteiger partial charge in [-0.1, -0.05) is 12.1 Å². The zero-order valence-corrected chi connectivity index (χ0v) is 19.9. The first-order valence-electron chi connectivity index (χ1n) is 9.41. The van der Waals surface area contributed by atoms with Gasteiger partial charge in [-0.2, -0.15) is 8.78 Å². The number of amides is 1. The molecule has 2 aromatic carbocycles. The normalized spacial score (nSPS) is 10.8. The molecule has 0 bridgehead atoms. The zero-order chi connectivity index (χ0) is 21.9. The van der Waals surface area contributed by atoms with Crippen LogP contribution in [-0.4, -0.2) is 39.2 Å². The number of guanidine groups is 1. The van der Waals surface area contributed by atoms with Crippen LogP contribution in [0, 0.1) is 0 Å². The summed E-state index contributed by atoms with van der Waals surface area (Å²) < 4.78 is 35.1. The van der Waals surface area contributed by atoms with Crippen molar-refractivity contribution in [2.24, 2.45) is 4.99 Å². The van der Waals surface area contributed by atoms with E-state index in [4.69, 9.17) is 4.74 Å². The summed E-state index contributed by atoms with van der Waals surface area (Å²) in [7, 11) is 3.08. The molecule has 2 rings (SSSR count). The molecule has 0 aliphatic rings. The number of carbonyl (C=O) groups is 1. The zero-order valence-electron chi connectivity index (χ0n) is 17.6. The van der Waals surface area contributed by atoms with Crippen LogP contribution in [0.1, 0.15) is 28.4 Å². The minimum absolute atomic E-state index is 0. The molecule has 0 aromatic heterocycles. The number of nitrogens with zero attached hydrogens (tertiary/aromatic N) is 1. The second-order valence-electron chi connectivity index (χ2n) is 6.18. The van der Waals surface area contributed by atoms with Gasteiger partial charge in [-0.3, -0.25) is 4.79 Å². The molecule has 0 aliphatic carbocycles. The van der Waals surface area contributed by atoms with E-state index in [1.54, 1.807) is 31.3 Å². The molecule has 0 heterocycles. The van der Waals surface area contributed by atoms with Crippen molar-refractivity contribution < 1.29 is 23.0 Å². The maximum absolute atomic E-state index is 12.7. The van der Waals surface area contributed by atoms with Crippen molar-refractivity contribution in [3.8, 4) is 11.5 Å². The highest BCUT2D eigenvalue weighted by atomic mass is 127. The van der Waals surface area contributed by atoms with Crippen LogP contribution in [0.2, 0.25) is 0 Å². The number of alkyl halides is 2. The summed E-state index contributed by atoms with van der Waals surface area (Å²) in [6, 6.07) is 11.7. The lowest BCUT2D eigenvalue weighted by Crippen LogP contribution is -2.36. The molecule has 3 N–H and O–H groups in total. The van der Waals surface area contributed by atoms with Crippen molar-refractivity contribution >= 4 is 35.8 Å². The third-order valence-electron chi connectivity index (χ3n) is 4.14. The Labute approximate surface area is 197 Å². The summed E-state index contributed by atoms with van der Waals surface area (Å²) in [6.45, 7) is 0.214. The number of methoxy groups -OCH3 is 1. The summed E-state index contributed by atoms with van der Waals surface area (Å²) in [5.74, 6) is 0.962. The SMILES string of the molecule is CCNC(=NCc1ccc(C(=O)NC)cc1)NCc1cc(OC)ccc1OC(F)F.I. The fourth-order valence-electron chi connectivity index (χ4n) is 2.63. The molecule has 31 heavy (non-hydrogen) atoms. The van der Waals surface area contributed by atoms with Gasteiger partial charge < -0.3 is 25.4 Å². The van der Waals surface area contributed by atoms with E-state index in [1.807, 2.05) is 19.1 Å². The number of rotatable bonds is 9. The first kappa shape index (κ1) is 26.4. The van der Waals surface area contributed by atoms with Gasteiger partial charge in [0.25, 0.3) is 5.91 Å². The largest absolute Gasteiger partial charge is 0.497 e. The molecule has 0 atom stereocenters. The Morgan fingerprint density at radius 1 is 1.13 bits per heavy atom. The number of halogens is 3. The van der Waals surface area contributed by atoms with Crippen molar-refractivity contribution in [2.75, 3.05) is 20.7 Å². The van der Waals surface area contributed by atoms with Gasteiger partial charge >= 0.3 is 6.61 Å². The molecule has 0 saturated heterocycles. The summed E-state index contributed by atoms with van der Waals surface area (Å²) in [4.78, 5) is 16.1. The van der Waals surface area contributed by atoms with Crippen LogP contribution in [-0.2, 0) is 13.1 Å². The Hall–Kier alpha value is -2.63. The number of aliphatic imine (C=N–C) groups is 1. The smallest absolute Gasteiger partial charge is 0.387 e. The molecule has 0 spiro atoms. The van der Waals surface area contributed by atoms with Gasteiger partial charge in [-0.05, 0) is 42.8 Å².